The van der Waals surface area contributed by atoms with Crippen molar-refractivity contribution in [3.05, 3.63) is 0 Å². The van der Waals surface area contributed by atoms with Crippen molar-refractivity contribution >= 4 is 11.9 Å². The number of nitrogens with zero attached hydrogens (tertiary/aromatic N) is 1. The predicted octanol–water partition coefficient (Wildman–Crippen LogP) is 0.249. The molecule has 1 heterocycles. The third-order valence-electron chi connectivity index (χ3n) is 2.16. The predicted molar refractivity (Wildman–Crippen MR) is 44.6 cm³/mol. The van der Waals surface area contributed by atoms with E-state index in [2.05, 4.69) is 0 Å². The van der Waals surface area contributed by atoms with Crippen molar-refractivity contribution in [1.82, 2.24) is 4.90 Å². The molecule has 1 rings (SSSR count). The molecule has 1 aliphatic heterocycles. The van der Waals surface area contributed by atoms with E-state index in [4.69, 9.17) is 9.84 Å². The minimum atomic E-state index is -5.06. The number of morpholine rings is 1. The van der Waals surface area contributed by atoms with Crippen LogP contribution in [0.25, 0.3) is 0 Å². The van der Waals surface area contributed by atoms with Gasteiger partial charge in [0.25, 0.3) is 0 Å². The Labute approximate surface area is 88.8 Å². The molecule has 1 amide bonds. The monoisotopic (exact) mass is 241 g/mol. The zero-order valence-electron chi connectivity index (χ0n) is 8.32. The highest BCUT2D eigenvalue weighted by molar-refractivity contribution is 5.87. The number of aliphatic carboxylic acids is 1. The molecule has 0 aromatic heterocycles. The molecule has 2 atom stereocenters. The Morgan fingerprint density at radius 2 is 2.00 bits per heavy atom. The van der Waals surface area contributed by atoms with E-state index in [0.29, 0.717) is 0 Å². The normalized spacial score (nSPS) is 26.6. The van der Waals surface area contributed by atoms with Gasteiger partial charge in [0.15, 0.2) is 6.04 Å². The van der Waals surface area contributed by atoms with Crippen molar-refractivity contribution in [2.24, 2.45) is 0 Å². The van der Waals surface area contributed by atoms with Crippen LogP contribution in [-0.4, -0.2) is 53.4 Å². The van der Waals surface area contributed by atoms with E-state index >= 15 is 0 Å². The largest absolute Gasteiger partial charge is 0.480 e. The Morgan fingerprint density at radius 3 is 2.44 bits per heavy atom. The number of carbonyl (C=O) groups is 2. The summed E-state index contributed by atoms with van der Waals surface area (Å²) in [6.07, 6.45) is -5.67. The Balaban J connectivity index is 2.87. The molecule has 0 radical (unpaired) electrons. The van der Waals surface area contributed by atoms with E-state index in [9.17, 15) is 22.8 Å². The quantitative estimate of drug-likeness (QED) is 0.714. The van der Waals surface area contributed by atoms with Crippen molar-refractivity contribution < 1.29 is 32.6 Å². The summed E-state index contributed by atoms with van der Waals surface area (Å²) in [6.45, 7) is 0.655. The summed E-state index contributed by atoms with van der Waals surface area (Å²) >= 11 is 0. The smallest absolute Gasteiger partial charge is 0.471 e. The Bertz CT molecular complexity index is 304. The number of halogens is 3. The van der Waals surface area contributed by atoms with Crippen molar-refractivity contribution in [2.75, 3.05) is 13.2 Å². The van der Waals surface area contributed by atoms with Gasteiger partial charge < -0.3 is 14.7 Å². The zero-order valence-corrected chi connectivity index (χ0v) is 8.32. The molecule has 0 aliphatic carbocycles. The lowest BCUT2D eigenvalue weighted by atomic mass is 10.2. The molecule has 1 saturated heterocycles. The van der Waals surface area contributed by atoms with Crippen molar-refractivity contribution in [3.8, 4) is 0 Å². The van der Waals surface area contributed by atoms with E-state index in [1.165, 1.54) is 6.92 Å². The molecule has 1 fully saturated rings. The SMILES string of the molecule is C[C@H]1CN(C(=O)C(F)(F)F)[C@@H](C(=O)O)CO1. The lowest BCUT2D eigenvalue weighted by Crippen LogP contribution is -2.58. The molecule has 0 bridgehead atoms. The zero-order chi connectivity index (χ0) is 12.5. The average Bonchev–Trinajstić information content (AvgIpc) is 2.14. The van der Waals surface area contributed by atoms with Gasteiger partial charge in [-0.3, -0.25) is 4.79 Å². The number of hydrogen-bond donors (Lipinski definition) is 1. The summed E-state index contributed by atoms with van der Waals surface area (Å²) in [5.41, 5.74) is 0. The van der Waals surface area contributed by atoms with E-state index in [1.807, 2.05) is 0 Å². The maximum Gasteiger partial charge on any atom is 0.471 e. The van der Waals surface area contributed by atoms with Crippen molar-refractivity contribution in [2.45, 2.75) is 25.2 Å². The van der Waals surface area contributed by atoms with Crippen LogP contribution in [0, 0.1) is 0 Å². The second kappa shape index (κ2) is 4.28. The number of hydrogen-bond acceptors (Lipinski definition) is 3. The minimum Gasteiger partial charge on any atom is -0.480 e. The van der Waals surface area contributed by atoms with Gasteiger partial charge in [-0.2, -0.15) is 13.2 Å². The highest BCUT2D eigenvalue weighted by Crippen LogP contribution is 2.22. The Hall–Kier alpha value is -1.31. The first-order valence-corrected chi connectivity index (χ1v) is 4.45. The number of carbonyl (C=O) groups excluding carboxylic acids is 1. The third kappa shape index (κ3) is 2.63. The standard InChI is InChI=1S/C8H10F3NO4/c1-4-2-12(7(15)8(9,10)11)5(3-16-4)6(13)14/h4-5H,2-3H2,1H3,(H,13,14)/t4-,5+/m0/s1. The molecule has 0 spiro atoms. The van der Waals surface area contributed by atoms with Crippen LogP contribution >= 0.6 is 0 Å². The Morgan fingerprint density at radius 1 is 1.44 bits per heavy atom. The number of carboxylic acids is 1. The highest BCUT2D eigenvalue weighted by atomic mass is 19.4. The van der Waals surface area contributed by atoms with Gasteiger partial charge in [-0.1, -0.05) is 0 Å². The fraction of sp³-hybridized carbons (Fsp3) is 0.750. The van der Waals surface area contributed by atoms with Gasteiger partial charge in [0.1, 0.15) is 0 Å². The van der Waals surface area contributed by atoms with Gasteiger partial charge in [-0.25, -0.2) is 4.79 Å². The Kier molecular flexibility index (Phi) is 3.41. The average molecular weight is 241 g/mol. The molecule has 92 valence electrons. The molecule has 5 nitrogen and oxygen atoms in total. The van der Waals surface area contributed by atoms with Gasteiger partial charge in [0, 0.05) is 6.54 Å². The van der Waals surface area contributed by atoms with Crippen molar-refractivity contribution in [3.63, 3.8) is 0 Å². The fourth-order valence-corrected chi connectivity index (χ4v) is 1.39. The number of amides is 1. The van der Waals surface area contributed by atoms with E-state index in [0.717, 1.165) is 0 Å². The number of rotatable bonds is 1. The molecule has 0 unspecified atom stereocenters. The van der Waals surface area contributed by atoms with Crippen LogP contribution in [0.15, 0.2) is 0 Å². The van der Waals surface area contributed by atoms with E-state index in [-0.39, 0.29) is 11.4 Å². The summed E-state index contributed by atoms with van der Waals surface area (Å²) in [6, 6.07) is -1.58. The highest BCUT2D eigenvalue weighted by Gasteiger charge is 2.48. The summed E-state index contributed by atoms with van der Waals surface area (Å²) in [7, 11) is 0. The molecule has 0 aromatic carbocycles. The van der Waals surface area contributed by atoms with Crippen LogP contribution in [0.1, 0.15) is 6.92 Å². The number of alkyl halides is 3. The van der Waals surface area contributed by atoms with Gasteiger partial charge in [0.2, 0.25) is 0 Å². The summed E-state index contributed by atoms with van der Waals surface area (Å²) < 4.78 is 41.4. The topological polar surface area (TPSA) is 66.8 Å². The molecular formula is C8H10F3NO4. The lowest BCUT2D eigenvalue weighted by molar-refractivity contribution is -0.198. The first-order chi connectivity index (χ1) is 7.23. The fourth-order valence-electron chi connectivity index (χ4n) is 1.39. The molecule has 1 aliphatic rings. The molecule has 1 N–H and O–H groups in total. The van der Waals surface area contributed by atoms with Gasteiger partial charge in [-0.15, -0.1) is 0 Å². The first-order valence-electron chi connectivity index (χ1n) is 4.45. The number of carboxylic acid groups (broad SMARTS) is 1. The summed E-state index contributed by atoms with van der Waals surface area (Å²) in [5, 5.41) is 8.67. The molecular weight excluding hydrogens is 231 g/mol. The van der Waals surface area contributed by atoms with Gasteiger partial charge >= 0.3 is 18.1 Å². The third-order valence-corrected chi connectivity index (χ3v) is 2.16. The minimum absolute atomic E-state index is 0.288. The van der Waals surface area contributed by atoms with Crippen LogP contribution in [0.3, 0.4) is 0 Å². The number of ether oxygens (including phenoxy) is 1. The van der Waals surface area contributed by atoms with Crippen molar-refractivity contribution in [1.29, 1.82) is 0 Å². The molecule has 16 heavy (non-hydrogen) atoms. The van der Waals surface area contributed by atoms with Crippen LogP contribution in [0.4, 0.5) is 13.2 Å². The second-order valence-electron chi connectivity index (χ2n) is 3.45. The lowest BCUT2D eigenvalue weighted by Gasteiger charge is -2.36. The summed E-state index contributed by atoms with van der Waals surface area (Å²) in [4.78, 5) is 21.9. The van der Waals surface area contributed by atoms with Crippen LogP contribution in [-0.2, 0) is 14.3 Å². The van der Waals surface area contributed by atoms with Crippen LogP contribution in [0.2, 0.25) is 0 Å². The first kappa shape index (κ1) is 12.8. The molecule has 0 saturated carbocycles. The molecule has 0 aromatic rings. The molecule has 8 heteroatoms. The second-order valence-corrected chi connectivity index (χ2v) is 3.45. The maximum absolute atomic E-state index is 12.2. The van der Waals surface area contributed by atoms with Gasteiger partial charge in [-0.05, 0) is 6.92 Å². The summed E-state index contributed by atoms with van der Waals surface area (Å²) in [5.74, 6) is -3.65. The van der Waals surface area contributed by atoms with E-state index in [1.54, 1.807) is 0 Å². The van der Waals surface area contributed by atoms with E-state index < -0.39 is 36.8 Å². The van der Waals surface area contributed by atoms with Crippen LogP contribution in [0.5, 0.6) is 0 Å². The van der Waals surface area contributed by atoms with Gasteiger partial charge in [0.05, 0.1) is 12.7 Å². The maximum atomic E-state index is 12.2. The van der Waals surface area contributed by atoms with Crippen LogP contribution < -0.4 is 0 Å².